The molecule has 0 aliphatic rings. The average molecular weight is 213 g/mol. The second-order valence-corrected chi connectivity index (χ2v) is 5.56. The Bertz CT molecular complexity index is 153. The zero-order chi connectivity index (χ0) is 12.1. The van der Waals surface area contributed by atoms with Crippen molar-refractivity contribution in [3.8, 4) is 0 Å². The summed E-state index contributed by atoms with van der Waals surface area (Å²) in [5.41, 5.74) is 6.70. The van der Waals surface area contributed by atoms with Gasteiger partial charge >= 0.3 is 0 Å². The van der Waals surface area contributed by atoms with Crippen LogP contribution >= 0.6 is 0 Å². The van der Waals surface area contributed by atoms with Crippen molar-refractivity contribution in [1.29, 1.82) is 0 Å². The van der Waals surface area contributed by atoms with Gasteiger partial charge in [0.25, 0.3) is 0 Å². The molecule has 0 spiro atoms. The first-order valence-electron chi connectivity index (χ1n) is 6.69. The minimum atomic E-state index is 0.0178. The third kappa shape index (κ3) is 3.48. The molecule has 1 unspecified atom stereocenters. The molecule has 0 aliphatic heterocycles. The SMILES string of the molecule is CCCCC(CC)C(N)(C(C)C)C(C)C. The molecule has 0 aromatic heterocycles. The summed E-state index contributed by atoms with van der Waals surface area (Å²) in [6.45, 7) is 13.6. The van der Waals surface area contributed by atoms with Crippen LogP contribution in [-0.2, 0) is 0 Å². The van der Waals surface area contributed by atoms with Crippen LogP contribution in [0.3, 0.4) is 0 Å². The molecule has 0 rings (SSSR count). The van der Waals surface area contributed by atoms with Gasteiger partial charge in [-0.05, 0) is 24.2 Å². The zero-order valence-electron chi connectivity index (χ0n) is 11.6. The highest BCUT2D eigenvalue weighted by Crippen LogP contribution is 2.36. The summed E-state index contributed by atoms with van der Waals surface area (Å²) in [6.07, 6.45) is 5.10. The van der Waals surface area contributed by atoms with E-state index in [4.69, 9.17) is 5.73 Å². The summed E-state index contributed by atoms with van der Waals surface area (Å²) < 4.78 is 0. The molecule has 0 heterocycles. The fraction of sp³-hybridized carbons (Fsp3) is 1.00. The van der Waals surface area contributed by atoms with Crippen LogP contribution in [0.2, 0.25) is 0 Å². The molecule has 1 atom stereocenters. The van der Waals surface area contributed by atoms with E-state index in [1.165, 1.54) is 25.7 Å². The van der Waals surface area contributed by atoms with Gasteiger partial charge in [0.1, 0.15) is 0 Å². The Hall–Kier alpha value is -0.0400. The molecule has 92 valence electrons. The summed E-state index contributed by atoms with van der Waals surface area (Å²) in [6, 6.07) is 0. The van der Waals surface area contributed by atoms with Gasteiger partial charge in [-0.1, -0.05) is 60.8 Å². The molecule has 0 radical (unpaired) electrons. The van der Waals surface area contributed by atoms with Crippen LogP contribution in [0.1, 0.15) is 67.2 Å². The van der Waals surface area contributed by atoms with E-state index in [1.807, 2.05) is 0 Å². The topological polar surface area (TPSA) is 26.0 Å². The quantitative estimate of drug-likeness (QED) is 0.673. The standard InChI is InChI=1S/C14H31N/c1-7-9-10-13(8-2)14(15,11(3)4)12(5)6/h11-13H,7-10,15H2,1-6H3. The van der Waals surface area contributed by atoms with E-state index in [0.717, 1.165) is 0 Å². The second kappa shape index (κ2) is 6.52. The molecule has 0 bridgehead atoms. The monoisotopic (exact) mass is 213 g/mol. The Balaban J connectivity index is 4.70. The highest BCUT2D eigenvalue weighted by Gasteiger charge is 2.38. The summed E-state index contributed by atoms with van der Waals surface area (Å²) in [4.78, 5) is 0. The lowest BCUT2D eigenvalue weighted by Gasteiger charge is -2.44. The average Bonchev–Trinajstić information content (AvgIpc) is 2.17. The molecular formula is C14H31N. The molecule has 0 aromatic rings. The Morgan fingerprint density at radius 1 is 1.00 bits per heavy atom. The van der Waals surface area contributed by atoms with Gasteiger partial charge in [-0.3, -0.25) is 0 Å². The minimum absolute atomic E-state index is 0.0178. The maximum atomic E-state index is 6.68. The number of nitrogens with two attached hydrogens (primary N) is 1. The van der Waals surface area contributed by atoms with E-state index in [1.54, 1.807) is 0 Å². The molecule has 2 N–H and O–H groups in total. The lowest BCUT2D eigenvalue weighted by Crippen LogP contribution is -2.55. The zero-order valence-corrected chi connectivity index (χ0v) is 11.6. The van der Waals surface area contributed by atoms with Crippen LogP contribution in [0, 0.1) is 17.8 Å². The van der Waals surface area contributed by atoms with Crippen molar-refractivity contribution in [3.05, 3.63) is 0 Å². The molecule has 0 saturated carbocycles. The molecule has 0 saturated heterocycles. The number of hydrogen-bond acceptors (Lipinski definition) is 1. The molecule has 1 nitrogen and oxygen atoms in total. The molecule has 0 aliphatic carbocycles. The van der Waals surface area contributed by atoms with Crippen LogP contribution in [0.25, 0.3) is 0 Å². The summed E-state index contributed by atoms with van der Waals surface area (Å²) >= 11 is 0. The fourth-order valence-corrected chi connectivity index (χ4v) is 2.87. The van der Waals surface area contributed by atoms with E-state index in [9.17, 15) is 0 Å². The third-order valence-corrected chi connectivity index (χ3v) is 4.11. The predicted molar refractivity (Wildman–Crippen MR) is 69.9 cm³/mol. The number of unbranched alkanes of at least 4 members (excludes halogenated alkanes) is 1. The summed E-state index contributed by atoms with van der Waals surface area (Å²) in [5, 5.41) is 0. The van der Waals surface area contributed by atoms with E-state index in [-0.39, 0.29) is 5.54 Å². The van der Waals surface area contributed by atoms with Gasteiger partial charge in [-0.2, -0.15) is 0 Å². The number of hydrogen-bond donors (Lipinski definition) is 1. The molecular weight excluding hydrogens is 182 g/mol. The Morgan fingerprint density at radius 3 is 1.73 bits per heavy atom. The first kappa shape index (κ1) is 15.0. The molecule has 15 heavy (non-hydrogen) atoms. The highest BCUT2D eigenvalue weighted by molar-refractivity contribution is 4.95. The highest BCUT2D eigenvalue weighted by atomic mass is 14.8. The molecule has 0 fully saturated rings. The normalized spacial score (nSPS) is 15.0. The van der Waals surface area contributed by atoms with Crippen molar-refractivity contribution in [2.45, 2.75) is 72.8 Å². The Morgan fingerprint density at radius 2 is 1.47 bits per heavy atom. The molecule has 0 amide bonds. The van der Waals surface area contributed by atoms with Crippen LogP contribution in [0.15, 0.2) is 0 Å². The second-order valence-electron chi connectivity index (χ2n) is 5.56. The fourth-order valence-electron chi connectivity index (χ4n) is 2.87. The van der Waals surface area contributed by atoms with Crippen LogP contribution in [-0.4, -0.2) is 5.54 Å². The first-order valence-corrected chi connectivity index (χ1v) is 6.69. The van der Waals surface area contributed by atoms with Crippen molar-refractivity contribution in [1.82, 2.24) is 0 Å². The van der Waals surface area contributed by atoms with Crippen molar-refractivity contribution >= 4 is 0 Å². The van der Waals surface area contributed by atoms with Gasteiger partial charge in [-0.15, -0.1) is 0 Å². The van der Waals surface area contributed by atoms with Gasteiger partial charge in [0.15, 0.2) is 0 Å². The molecule has 0 aromatic carbocycles. The lowest BCUT2D eigenvalue weighted by molar-refractivity contribution is 0.120. The summed E-state index contributed by atoms with van der Waals surface area (Å²) in [5.74, 6) is 1.82. The van der Waals surface area contributed by atoms with Crippen molar-refractivity contribution in [3.63, 3.8) is 0 Å². The summed E-state index contributed by atoms with van der Waals surface area (Å²) in [7, 11) is 0. The van der Waals surface area contributed by atoms with Gasteiger partial charge in [-0.25, -0.2) is 0 Å². The lowest BCUT2D eigenvalue weighted by atomic mass is 9.66. The first-order chi connectivity index (χ1) is 6.91. The van der Waals surface area contributed by atoms with E-state index in [2.05, 4.69) is 41.5 Å². The van der Waals surface area contributed by atoms with Crippen molar-refractivity contribution in [2.24, 2.45) is 23.5 Å². The van der Waals surface area contributed by atoms with E-state index >= 15 is 0 Å². The largest absolute Gasteiger partial charge is 0.324 e. The predicted octanol–water partition coefficient (Wildman–Crippen LogP) is 4.21. The van der Waals surface area contributed by atoms with E-state index in [0.29, 0.717) is 17.8 Å². The number of rotatable bonds is 7. The van der Waals surface area contributed by atoms with Gasteiger partial charge in [0.2, 0.25) is 0 Å². The van der Waals surface area contributed by atoms with Crippen molar-refractivity contribution < 1.29 is 0 Å². The van der Waals surface area contributed by atoms with Crippen molar-refractivity contribution in [2.75, 3.05) is 0 Å². The van der Waals surface area contributed by atoms with E-state index < -0.39 is 0 Å². The third-order valence-electron chi connectivity index (χ3n) is 4.11. The Labute approximate surface area is 96.8 Å². The maximum Gasteiger partial charge on any atom is 0.0229 e. The maximum absolute atomic E-state index is 6.68. The van der Waals surface area contributed by atoms with Gasteiger partial charge < -0.3 is 5.73 Å². The smallest absolute Gasteiger partial charge is 0.0229 e. The van der Waals surface area contributed by atoms with Crippen LogP contribution in [0.5, 0.6) is 0 Å². The molecule has 1 heteroatoms. The van der Waals surface area contributed by atoms with Crippen LogP contribution < -0.4 is 5.73 Å². The van der Waals surface area contributed by atoms with Crippen LogP contribution in [0.4, 0.5) is 0 Å². The van der Waals surface area contributed by atoms with Gasteiger partial charge in [0.05, 0.1) is 0 Å². The van der Waals surface area contributed by atoms with Gasteiger partial charge in [0, 0.05) is 5.54 Å². The Kier molecular flexibility index (Phi) is 6.51. The minimum Gasteiger partial charge on any atom is -0.324 e.